The van der Waals surface area contributed by atoms with Gasteiger partial charge in [0.15, 0.2) is 6.10 Å². The highest BCUT2D eigenvalue weighted by atomic mass is 19.4. The Balaban J connectivity index is 1.86. The Morgan fingerprint density at radius 1 is 1.07 bits per heavy atom. The van der Waals surface area contributed by atoms with Gasteiger partial charge in [-0.3, -0.25) is 0 Å². The SMILES string of the molecule is COC(=O)c1cc(OC(CCCCOCc2ccccc2)C(F)(F)F)ccc1C. The van der Waals surface area contributed by atoms with Crippen LogP contribution in [0.2, 0.25) is 0 Å². The van der Waals surface area contributed by atoms with Gasteiger partial charge in [0.25, 0.3) is 0 Å². The first-order chi connectivity index (χ1) is 13.8. The van der Waals surface area contributed by atoms with Gasteiger partial charge < -0.3 is 14.2 Å². The molecule has 0 saturated heterocycles. The molecule has 0 aliphatic carbocycles. The lowest BCUT2D eigenvalue weighted by atomic mass is 10.1. The average Bonchev–Trinajstić information content (AvgIpc) is 2.70. The first-order valence-corrected chi connectivity index (χ1v) is 9.35. The molecular weight excluding hydrogens is 385 g/mol. The first-order valence-electron chi connectivity index (χ1n) is 9.35. The monoisotopic (exact) mass is 410 g/mol. The standard InChI is InChI=1S/C22H25F3O4/c1-16-11-12-18(14-19(16)21(26)27-2)29-20(22(23,24)25)10-6-7-13-28-15-17-8-4-3-5-9-17/h3-5,8-9,11-12,14,20H,6-7,10,13,15H2,1-2H3. The molecule has 0 bridgehead atoms. The first kappa shape index (κ1) is 22.7. The molecule has 0 spiro atoms. The van der Waals surface area contributed by atoms with Crippen LogP contribution >= 0.6 is 0 Å². The summed E-state index contributed by atoms with van der Waals surface area (Å²) < 4.78 is 55.4. The fourth-order valence-electron chi connectivity index (χ4n) is 2.76. The Labute approximate surface area is 168 Å². The molecule has 0 N–H and O–H groups in total. The minimum Gasteiger partial charge on any atom is -0.481 e. The van der Waals surface area contributed by atoms with Crippen molar-refractivity contribution < 1.29 is 32.2 Å². The van der Waals surface area contributed by atoms with E-state index in [-0.39, 0.29) is 17.7 Å². The van der Waals surface area contributed by atoms with Gasteiger partial charge in [-0.2, -0.15) is 13.2 Å². The molecule has 0 radical (unpaired) electrons. The van der Waals surface area contributed by atoms with E-state index < -0.39 is 18.2 Å². The van der Waals surface area contributed by atoms with Crippen molar-refractivity contribution in [2.75, 3.05) is 13.7 Å². The lowest BCUT2D eigenvalue weighted by Gasteiger charge is -2.22. The second kappa shape index (κ2) is 10.9. The van der Waals surface area contributed by atoms with Crippen LogP contribution in [0.15, 0.2) is 48.5 Å². The van der Waals surface area contributed by atoms with Crippen molar-refractivity contribution in [1.29, 1.82) is 0 Å². The van der Waals surface area contributed by atoms with Crippen molar-refractivity contribution in [3.05, 3.63) is 65.2 Å². The van der Waals surface area contributed by atoms with E-state index in [0.717, 1.165) is 5.56 Å². The molecule has 0 amide bonds. The Morgan fingerprint density at radius 2 is 1.79 bits per heavy atom. The molecule has 2 rings (SSSR count). The molecule has 2 aromatic rings. The number of aryl methyl sites for hydroxylation is 1. The lowest BCUT2D eigenvalue weighted by molar-refractivity contribution is -0.197. The van der Waals surface area contributed by atoms with Gasteiger partial charge in [0.05, 0.1) is 19.3 Å². The molecule has 0 aliphatic rings. The number of hydrogen-bond donors (Lipinski definition) is 0. The molecule has 0 aromatic heterocycles. The molecule has 29 heavy (non-hydrogen) atoms. The maximum atomic E-state index is 13.4. The molecule has 1 unspecified atom stereocenters. The molecular formula is C22H25F3O4. The van der Waals surface area contributed by atoms with Crippen molar-refractivity contribution in [2.24, 2.45) is 0 Å². The van der Waals surface area contributed by atoms with E-state index >= 15 is 0 Å². The number of ether oxygens (including phenoxy) is 3. The largest absolute Gasteiger partial charge is 0.481 e. The van der Waals surface area contributed by atoms with Crippen LogP contribution in [0, 0.1) is 6.92 Å². The summed E-state index contributed by atoms with van der Waals surface area (Å²) in [6, 6.07) is 13.8. The zero-order valence-corrected chi connectivity index (χ0v) is 16.5. The van der Waals surface area contributed by atoms with E-state index in [1.165, 1.54) is 25.3 Å². The molecule has 7 heteroatoms. The van der Waals surface area contributed by atoms with Crippen molar-refractivity contribution in [3.8, 4) is 5.75 Å². The number of hydrogen-bond acceptors (Lipinski definition) is 4. The fourth-order valence-corrected chi connectivity index (χ4v) is 2.76. The van der Waals surface area contributed by atoms with E-state index in [1.807, 2.05) is 30.3 Å². The minimum atomic E-state index is -4.51. The van der Waals surface area contributed by atoms with Crippen LogP contribution in [0.5, 0.6) is 5.75 Å². The van der Waals surface area contributed by atoms with Crippen LogP contribution in [0.1, 0.15) is 40.7 Å². The number of rotatable bonds is 10. The second-order valence-corrected chi connectivity index (χ2v) is 6.65. The Bertz CT molecular complexity index is 775. The summed E-state index contributed by atoms with van der Waals surface area (Å²) in [7, 11) is 1.22. The van der Waals surface area contributed by atoms with Crippen LogP contribution in [0.4, 0.5) is 13.2 Å². The van der Waals surface area contributed by atoms with Gasteiger partial charge in [-0.1, -0.05) is 36.4 Å². The summed E-state index contributed by atoms with van der Waals surface area (Å²) >= 11 is 0. The molecule has 0 saturated carbocycles. The number of esters is 1. The smallest absolute Gasteiger partial charge is 0.425 e. The van der Waals surface area contributed by atoms with Crippen molar-refractivity contribution in [1.82, 2.24) is 0 Å². The molecule has 0 fully saturated rings. The Morgan fingerprint density at radius 3 is 2.45 bits per heavy atom. The number of alkyl halides is 3. The van der Waals surface area contributed by atoms with E-state index in [2.05, 4.69) is 4.74 Å². The predicted molar refractivity (Wildman–Crippen MR) is 103 cm³/mol. The molecule has 2 aromatic carbocycles. The number of carbonyl (C=O) groups is 1. The quantitative estimate of drug-likeness (QED) is 0.384. The number of methoxy groups -OCH3 is 1. The van der Waals surface area contributed by atoms with Gasteiger partial charge in [0.1, 0.15) is 5.75 Å². The summed E-state index contributed by atoms with van der Waals surface area (Å²) in [5.74, 6) is -0.634. The Hall–Kier alpha value is -2.54. The topological polar surface area (TPSA) is 44.8 Å². The van der Waals surface area contributed by atoms with Gasteiger partial charge in [-0.05, 0) is 49.4 Å². The van der Waals surface area contributed by atoms with Crippen molar-refractivity contribution >= 4 is 5.97 Å². The fraction of sp³-hybridized carbons (Fsp3) is 0.409. The highest BCUT2D eigenvalue weighted by molar-refractivity contribution is 5.91. The lowest BCUT2D eigenvalue weighted by Crippen LogP contribution is -2.34. The minimum absolute atomic E-state index is 0.0151. The molecule has 158 valence electrons. The number of unbranched alkanes of at least 4 members (excludes halogenated alkanes) is 1. The van der Waals surface area contributed by atoms with Gasteiger partial charge in [0.2, 0.25) is 0 Å². The van der Waals surface area contributed by atoms with Crippen LogP contribution in [-0.4, -0.2) is 32.0 Å². The normalized spacial score (nSPS) is 12.4. The average molecular weight is 410 g/mol. The highest BCUT2D eigenvalue weighted by Gasteiger charge is 2.41. The predicted octanol–water partition coefficient (Wildman–Crippen LogP) is 5.48. The van der Waals surface area contributed by atoms with E-state index in [0.29, 0.717) is 31.6 Å². The van der Waals surface area contributed by atoms with Crippen LogP contribution in [0.3, 0.4) is 0 Å². The van der Waals surface area contributed by atoms with Crippen LogP contribution in [-0.2, 0) is 16.1 Å². The molecule has 1 atom stereocenters. The summed E-state index contributed by atoms with van der Waals surface area (Å²) in [5, 5.41) is 0. The van der Waals surface area contributed by atoms with Gasteiger partial charge >= 0.3 is 12.1 Å². The van der Waals surface area contributed by atoms with E-state index in [1.54, 1.807) is 6.92 Å². The van der Waals surface area contributed by atoms with Gasteiger partial charge in [-0.25, -0.2) is 4.79 Å². The van der Waals surface area contributed by atoms with Crippen molar-refractivity contribution in [3.63, 3.8) is 0 Å². The van der Waals surface area contributed by atoms with Gasteiger partial charge in [-0.15, -0.1) is 0 Å². The van der Waals surface area contributed by atoms with E-state index in [9.17, 15) is 18.0 Å². The van der Waals surface area contributed by atoms with Crippen LogP contribution in [0.25, 0.3) is 0 Å². The van der Waals surface area contributed by atoms with Crippen LogP contribution < -0.4 is 4.74 Å². The second-order valence-electron chi connectivity index (χ2n) is 6.65. The third-order valence-electron chi connectivity index (χ3n) is 4.37. The third kappa shape index (κ3) is 7.42. The Kier molecular flexibility index (Phi) is 8.51. The number of halogens is 3. The maximum Gasteiger partial charge on any atom is 0.425 e. The molecule has 4 nitrogen and oxygen atoms in total. The van der Waals surface area contributed by atoms with Gasteiger partial charge in [0, 0.05) is 6.61 Å². The molecule has 0 aliphatic heterocycles. The summed E-state index contributed by atoms with van der Waals surface area (Å²) in [6.07, 6.45) is -5.87. The summed E-state index contributed by atoms with van der Waals surface area (Å²) in [5.41, 5.74) is 1.80. The maximum absolute atomic E-state index is 13.4. The highest BCUT2D eigenvalue weighted by Crippen LogP contribution is 2.29. The van der Waals surface area contributed by atoms with Crippen molar-refractivity contribution in [2.45, 2.75) is 45.1 Å². The zero-order valence-electron chi connectivity index (χ0n) is 16.5. The third-order valence-corrected chi connectivity index (χ3v) is 4.37. The number of carbonyl (C=O) groups excluding carboxylic acids is 1. The summed E-state index contributed by atoms with van der Waals surface area (Å²) in [4.78, 5) is 11.7. The molecule has 0 heterocycles. The number of benzene rings is 2. The zero-order chi connectivity index (χ0) is 21.3. The summed E-state index contributed by atoms with van der Waals surface area (Å²) in [6.45, 7) is 2.48. The van der Waals surface area contributed by atoms with E-state index in [4.69, 9.17) is 9.47 Å².